The molecule has 0 fully saturated rings. The Labute approximate surface area is 209 Å². The van der Waals surface area contributed by atoms with E-state index < -0.39 is 11.9 Å². The molecule has 2 aromatic carbocycles. The van der Waals surface area contributed by atoms with E-state index in [2.05, 4.69) is 21.9 Å². The van der Waals surface area contributed by atoms with Gasteiger partial charge in [-0.3, -0.25) is 15.0 Å². The Hall–Kier alpha value is -3.57. The summed E-state index contributed by atoms with van der Waals surface area (Å²) in [5.41, 5.74) is 2.68. The van der Waals surface area contributed by atoms with Crippen LogP contribution in [0.5, 0.6) is 0 Å². The number of benzene rings is 2. The number of hydrogen-bond acceptors (Lipinski definition) is 6. The summed E-state index contributed by atoms with van der Waals surface area (Å²) in [4.78, 5) is 24.5. The van der Waals surface area contributed by atoms with Gasteiger partial charge in [0.15, 0.2) is 0 Å². The molecule has 0 aliphatic carbocycles. The zero-order chi connectivity index (χ0) is 23.5. The summed E-state index contributed by atoms with van der Waals surface area (Å²) in [6.45, 7) is 2.06. The fourth-order valence-electron chi connectivity index (χ4n) is 3.25. The molecular weight excluding hydrogens is 473 g/mol. The third-order valence-electron chi connectivity index (χ3n) is 4.97. The molecule has 0 aliphatic heterocycles. The van der Waals surface area contributed by atoms with Crippen LogP contribution in [-0.4, -0.2) is 22.6 Å². The predicted octanol–water partition coefficient (Wildman–Crippen LogP) is 3.57. The van der Waals surface area contributed by atoms with Crippen LogP contribution in [-0.2, 0) is 21.3 Å². The van der Waals surface area contributed by atoms with Crippen LogP contribution in [0.15, 0.2) is 101 Å². The number of aromatic nitrogens is 1. The molecule has 7 heteroatoms. The molecule has 0 saturated carbocycles. The molecule has 3 aromatic rings. The van der Waals surface area contributed by atoms with Gasteiger partial charge in [-0.05, 0) is 36.6 Å². The van der Waals surface area contributed by atoms with Gasteiger partial charge in [-0.2, -0.15) is 0 Å². The van der Waals surface area contributed by atoms with Gasteiger partial charge in [0, 0.05) is 29.4 Å². The molecule has 0 N–H and O–H groups in total. The number of carboxylic acid groups (broad SMARTS) is 1. The predicted molar refractivity (Wildman–Crippen MR) is 126 cm³/mol. The molecular formula is C27H25N3NiO3. The summed E-state index contributed by atoms with van der Waals surface area (Å²) in [5.74, 6) is -1.70. The van der Waals surface area contributed by atoms with Crippen LogP contribution in [0.1, 0.15) is 49.4 Å². The second-order valence-corrected chi connectivity index (χ2v) is 7.39. The number of aliphatic imine (C=N–C) groups is 2. The van der Waals surface area contributed by atoms with Crippen molar-refractivity contribution in [2.45, 2.75) is 32.6 Å². The van der Waals surface area contributed by atoms with Crippen LogP contribution >= 0.6 is 0 Å². The van der Waals surface area contributed by atoms with E-state index in [-0.39, 0.29) is 27.8 Å². The normalized spacial score (nSPS) is 12.2. The van der Waals surface area contributed by atoms with Gasteiger partial charge in [0.25, 0.3) is 0 Å². The SMILES string of the molecule is CCCCC/C(=C/N=C(c1ccccc1)c1ccccc1N=C([O-])c1ccccn1)C(=O)[O-].[Ni+2]. The van der Waals surface area contributed by atoms with Crippen molar-refractivity contribution < 1.29 is 31.5 Å². The average molecular weight is 498 g/mol. The summed E-state index contributed by atoms with van der Waals surface area (Å²) in [6, 6.07) is 21.6. The van der Waals surface area contributed by atoms with Crippen molar-refractivity contribution in [1.29, 1.82) is 0 Å². The van der Waals surface area contributed by atoms with E-state index in [0.29, 0.717) is 23.4 Å². The third-order valence-corrected chi connectivity index (χ3v) is 4.97. The molecule has 0 atom stereocenters. The van der Waals surface area contributed by atoms with E-state index in [4.69, 9.17) is 0 Å². The van der Waals surface area contributed by atoms with Crippen molar-refractivity contribution in [3.8, 4) is 0 Å². The molecule has 1 heterocycles. The van der Waals surface area contributed by atoms with Crippen LogP contribution in [0.25, 0.3) is 0 Å². The van der Waals surface area contributed by atoms with Gasteiger partial charge in [-0.1, -0.05) is 74.4 Å². The first-order chi connectivity index (χ1) is 16.1. The van der Waals surface area contributed by atoms with Gasteiger partial charge in [0.05, 0.1) is 23.1 Å². The van der Waals surface area contributed by atoms with E-state index in [1.165, 1.54) is 12.4 Å². The van der Waals surface area contributed by atoms with E-state index in [0.717, 1.165) is 24.8 Å². The summed E-state index contributed by atoms with van der Waals surface area (Å²) in [5, 5.41) is 24.3. The van der Waals surface area contributed by atoms with Crippen molar-refractivity contribution in [2.75, 3.05) is 0 Å². The van der Waals surface area contributed by atoms with Gasteiger partial charge in [0.1, 0.15) is 0 Å². The van der Waals surface area contributed by atoms with Gasteiger partial charge in [-0.15, -0.1) is 0 Å². The zero-order valence-electron chi connectivity index (χ0n) is 18.8. The second kappa shape index (κ2) is 13.9. The van der Waals surface area contributed by atoms with Crippen LogP contribution in [0.2, 0.25) is 0 Å². The molecule has 0 bridgehead atoms. The second-order valence-electron chi connectivity index (χ2n) is 7.39. The number of aliphatic carboxylic acids is 1. The summed E-state index contributed by atoms with van der Waals surface area (Å²) in [7, 11) is 0. The Balaban J connectivity index is 0.00000408. The molecule has 34 heavy (non-hydrogen) atoms. The summed E-state index contributed by atoms with van der Waals surface area (Å²) >= 11 is 0. The monoisotopic (exact) mass is 497 g/mol. The van der Waals surface area contributed by atoms with Gasteiger partial charge < -0.3 is 15.0 Å². The van der Waals surface area contributed by atoms with Crippen molar-refractivity contribution >= 4 is 23.3 Å². The van der Waals surface area contributed by atoms with E-state index in [1.54, 1.807) is 36.4 Å². The molecule has 0 aliphatic rings. The summed E-state index contributed by atoms with van der Waals surface area (Å²) in [6.07, 6.45) is 5.93. The van der Waals surface area contributed by atoms with Crippen LogP contribution in [0.3, 0.4) is 0 Å². The number of carboxylic acids is 1. The van der Waals surface area contributed by atoms with Gasteiger partial charge >= 0.3 is 16.5 Å². The number of carbonyl (C=O) groups excluding carboxylic acids is 1. The molecule has 0 saturated heterocycles. The van der Waals surface area contributed by atoms with Crippen molar-refractivity contribution in [3.05, 3.63) is 108 Å². The zero-order valence-corrected chi connectivity index (χ0v) is 19.8. The number of rotatable bonds is 10. The summed E-state index contributed by atoms with van der Waals surface area (Å²) < 4.78 is 0. The fraction of sp³-hybridized carbons (Fsp3) is 0.185. The Morgan fingerprint density at radius 2 is 1.65 bits per heavy atom. The fourth-order valence-corrected chi connectivity index (χ4v) is 3.25. The Morgan fingerprint density at radius 1 is 0.941 bits per heavy atom. The van der Waals surface area contributed by atoms with Crippen LogP contribution in [0, 0.1) is 0 Å². The average Bonchev–Trinajstić information content (AvgIpc) is 2.85. The van der Waals surface area contributed by atoms with E-state index >= 15 is 0 Å². The first kappa shape index (κ1) is 26.7. The standard InChI is InChI=1S/C27H27N3O3.Ni/c1-2-3-5-14-21(27(32)33)19-29-25(20-12-6-4-7-13-20)22-15-8-9-16-23(22)30-26(31)24-17-10-11-18-28-24;/h4,6-13,15-19H,2-3,5,14H2,1H3,(H,30,31)(H,32,33);/q;+2/p-2/b21-19-,29-25?;. The van der Waals surface area contributed by atoms with Gasteiger partial charge in [-0.25, -0.2) is 0 Å². The van der Waals surface area contributed by atoms with Crippen LogP contribution in [0.4, 0.5) is 5.69 Å². The molecule has 0 radical (unpaired) electrons. The maximum Gasteiger partial charge on any atom is 2.00 e. The first-order valence-corrected chi connectivity index (χ1v) is 10.9. The molecule has 1 aromatic heterocycles. The first-order valence-electron chi connectivity index (χ1n) is 10.9. The van der Waals surface area contributed by atoms with E-state index in [9.17, 15) is 15.0 Å². The number of para-hydroxylation sites is 1. The quantitative estimate of drug-likeness (QED) is 0.140. The van der Waals surface area contributed by atoms with E-state index in [1.807, 2.05) is 36.4 Å². The molecule has 0 spiro atoms. The van der Waals surface area contributed by atoms with Crippen molar-refractivity contribution in [1.82, 2.24) is 4.98 Å². The third kappa shape index (κ3) is 7.49. The maximum absolute atomic E-state index is 12.7. The molecule has 0 unspecified atom stereocenters. The molecule has 0 amide bonds. The number of nitrogens with zero attached hydrogens (tertiary/aromatic N) is 3. The maximum atomic E-state index is 12.7. The number of hydrogen-bond donors (Lipinski definition) is 0. The minimum atomic E-state index is -1.23. The minimum absolute atomic E-state index is 0. The van der Waals surface area contributed by atoms with Crippen LogP contribution < -0.4 is 10.2 Å². The van der Waals surface area contributed by atoms with Crippen molar-refractivity contribution in [3.63, 3.8) is 0 Å². The van der Waals surface area contributed by atoms with Gasteiger partial charge in [0.2, 0.25) is 0 Å². The minimum Gasteiger partial charge on any atom is -0.857 e. The Kier molecular flexibility index (Phi) is 10.9. The smallest absolute Gasteiger partial charge is 0.857 e. The molecule has 6 nitrogen and oxygen atoms in total. The molecule has 176 valence electrons. The Morgan fingerprint density at radius 3 is 2.32 bits per heavy atom. The molecule has 3 rings (SSSR count). The Bertz CT molecular complexity index is 1160. The topological polar surface area (TPSA) is 101 Å². The van der Waals surface area contributed by atoms with Crippen molar-refractivity contribution in [2.24, 2.45) is 9.98 Å². The number of unbranched alkanes of at least 4 members (excludes halogenated alkanes) is 2. The largest absolute Gasteiger partial charge is 2.00 e. The number of pyridine rings is 1. The number of carbonyl (C=O) groups is 1.